The molecular weight excluding hydrogens is 557 g/mol. The maximum absolute atomic E-state index is 13.1. The van der Waals surface area contributed by atoms with Gasteiger partial charge in [0.2, 0.25) is 0 Å². The van der Waals surface area contributed by atoms with Crippen LogP contribution in [0, 0.1) is 0 Å². The molecule has 3 aliphatic heterocycles. The lowest BCUT2D eigenvalue weighted by atomic mass is 10.0. The Morgan fingerprint density at radius 1 is 1.05 bits per heavy atom. The van der Waals surface area contributed by atoms with Crippen LogP contribution in [-0.4, -0.2) is 115 Å². The first kappa shape index (κ1) is 30.1. The van der Waals surface area contributed by atoms with Gasteiger partial charge < -0.3 is 34.2 Å². The number of fused-ring (bicyclic) bond motifs is 1. The van der Waals surface area contributed by atoms with Gasteiger partial charge in [0.05, 0.1) is 37.7 Å². The number of ether oxygens (including phenoxy) is 3. The molecule has 2 aromatic rings. The average molecular weight is 595 g/mol. The summed E-state index contributed by atoms with van der Waals surface area (Å²) in [5, 5.41) is 20.0. The molecule has 230 valence electrons. The van der Waals surface area contributed by atoms with E-state index in [0.717, 1.165) is 56.7 Å². The Morgan fingerprint density at radius 2 is 1.81 bits per heavy atom. The smallest absolute Gasteiger partial charge is 0.508 e. The number of anilines is 2. The molecule has 1 unspecified atom stereocenters. The summed E-state index contributed by atoms with van der Waals surface area (Å²) in [4.78, 5) is 17.6. The van der Waals surface area contributed by atoms with Gasteiger partial charge in [0.1, 0.15) is 17.8 Å². The second-order valence-electron chi connectivity index (χ2n) is 10.5. The molecule has 2 fully saturated rings. The summed E-state index contributed by atoms with van der Waals surface area (Å²) in [7, 11) is 0. The van der Waals surface area contributed by atoms with Crippen LogP contribution in [-0.2, 0) is 17.7 Å². The Bertz CT molecular complexity index is 1220. The number of piperazine rings is 1. The molecule has 11 nitrogen and oxygen atoms in total. The molecule has 3 aliphatic rings. The van der Waals surface area contributed by atoms with Crippen molar-refractivity contribution in [2.24, 2.45) is 0 Å². The number of alkyl halides is 3. The van der Waals surface area contributed by atoms with Gasteiger partial charge in [-0.05, 0) is 31.1 Å². The van der Waals surface area contributed by atoms with Crippen molar-refractivity contribution in [3.63, 3.8) is 0 Å². The molecule has 0 spiro atoms. The Labute approximate surface area is 242 Å². The zero-order valence-electron chi connectivity index (χ0n) is 23.4. The van der Waals surface area contributed by atoms with E-state index >= 15 is 0 Å². The molecule has 4 heterocycles. The van der Waals surface area contributed by atoms with Gasteiger partial charge >= 0.3 is 12.4 Å². The highest BCUT2D eigenvalue weighted by Gasteiger charge is 2.34. The van der Waals surface area contributed by atoms with Crippen molar-refractivity contribution in [2.75, 3.05) is 82.0 Å². The van der Waals surface area contributed by atoms with Crippen LogP contribution in [0.3, 0.4) is 0 Å². The third kappa shape index (κ3) is 7.54. The van der Waals surface area contributed by atoms with E-state index in [-0.39, 0.29) is 24.0 Å². The van der Waals surface area contributed by atoms with Gasteiger partial charge in [0.25, 0.3) is 0 Å². The molecule has 42 heavy (non-hydrogen) atoms. The van der Waals surface area contributed by atoms with Crippen molar-refractivity contribution in [1.82, 2.24) is 19.8 Å². The first-order valence-electron chi connectivity index (χ1n) is 14.2. The molecule has 1 atom stereocenters. The van der Waals surface area contributed by atoms with E-state index in [1.165, 1.54) is 18.2 Å². The number of halogens is 3. The van der Waals surface area contributed by atoms with Crippen molar-refractivity contribution >= 4 is 11.5 Å². The highest BCUT2D eigenvalue weighted by atomic mass is 19.4. The van der Waals surface area contributed by atoms with Crippen molar-refractivity contribution in [2.45, 2.75) is 32.0 Å². The van der Waals surface area contributed by atoms with Crippen molar-refractivity contribution in [3.8, 4) is 17.5 Å². The Hall–Kier alpha value is -3.33. The van der Waals surface area contributed by atoms with Crippen LogP contribution >= 0.6 is 0 Å². The second-order valence-corrected chi connectivity index (χ2v) is 10.5. The zero-order chi connectivity index (χ0) is 29.7. The minimum absolute atomic E-state index is 0.205. The molecule has 2 saturated heterocycles. The number of hydrogen-bond donors (Lipinski definition) is 2. The van der Waals surface area contributed by atoms with E-state index in [1.807, 2.05) is 4.90 Å². The summed E-state index contributed by atoms with van der Waals surface area (Å²) in [5.41, 5.74) is 1.78. The van der Waals surface area contributed by atoms with Crippen molar-refractivity contribution < 1.29 is 37.6 Å². The van der Waals surface area contributed by atoms with Crippen LogP contribution in [0.15, 0.2) is 30.9 Å². The summed E-state index contributed by atoms with van der Waals surface area (Å²) < 4.78 is 55.1. The van der Waals surface area contributed by atoms with Crippen LogP contribution in [0.5, 0.6) is 17.5 Å². The predicted molar refractivity (Wildman–Crippen MR) is 149 cm³/mol. The number of morpholine rings is 1. The topological polar surface area (TPSA) is 107 Å². The second kappa shape index (κ2) is 13.3. The number of phenols is 1. The van der Waals surface area contributed by atoms with Crippen LogP contribution in [0.25, 0.3) is 0 Å². The van der Waals surface area contributed by atoms with Crippen LogP contribution in [0.4, 0.5) is 24.7 Å². The van der Waals surface area contributed by atoms with Gasteiger partial charge in [0, 0.05) is 64.0 Å². The average Bonchev–Trinajstić information content (AvgIpc) is 2.98. The largest absolute Gasteiger partial charge is 0.573 e. The monoisotopic (exact) mass is 594 g/mol. The summed E-state index contributed by atoms with van der Waals surface area (Å²) in [6.07, 6.45) is -2.85. The van der Waals surface area contributed by atoms with Crippen LogP contribution in [0.1, 0.15) is 17.7 Å². The van der Waals surface area contributed by atoms with Gasteiger partial charge in [-0.25, -0.2) is 0 Å². The van der Waals surface area contributed by atoms with E-state index in [9.17, 15) is 23.4 Å². The molecule has 1 aromatic heterocycles. The lowest BCUT2D eigenvalue weighted by Crippen LogP contribution is -2.50. The van der Waals surface area contributed by atoms with Gasteiger partial charge in [-0.2, -0.15) is 9.97 Å². The highest BCUT2D eigenvalue weighted by molar-refractivity contribution is 5.63. The molecule has 0 aliphatic carbocycles. The molecule has 0 saturated carbocycles. The Kier molecular flexibility index (Phi) is 9.56. The van der Waals surface area contributed by atoms with E-state index in [1.54, 1.807) is 4.90 Å². The zero-order valence-corrected chi connectivity index (χ0v) is 23.4. The van der Waals surface area contributed by atoms with Gasteiger partial charge in [0.15, 0.2) is 5.75 Å². The summed E-state index contributed by atoms with van der Waals surface area (Å²) in [5.74, 6) is -0.0572. The molecule has 0 bridgehead atoms. The maximum Gasteiger partial charge on any atom is 0.573 e. The lowest BCUT2D eigenvalue weighted by molar-refractivity contribution is -0.274. The van der Waals surface area contributed by atoms with Gasteiger partial charge in [-0.3, -0.25) is 9.80 Å². The Morgan fingerprint density at radius 3 is 2.52 bits per heavy atom. The van der Waals surface area contributed by atoms with E-state index in [2.05, 4.69) is 21.1 Å². The number of aliphatic hydroxyl groups is 1. The number of rotatable bonds is 10. The number of benzene rings is 1. The predicted octanol–water partition coefficient (Wildman–Crippen LogP) is 2.37. The van der Waals surface area contributed by atoms with Crippen molar-refractivity contribution in [3.05, 3.63) is 42.1 Å². The number of phenolic OH excluding ortho intramolecular Hbond substituents is 1. The molecule has 0 radical (unpaired) electrons. The molecule has 2 N–H and O–H groups in total. The fourth-order valence-electron chi connectivity index (χ4n) is 5.51. The number of hydrogen-bond acceptors (Lipinski definition) is 11. The van der Waals surface area contributed by atoms with Crippen LogP contribution < -0.4 is 19.3 Å². The third-order valence-corrected chi connectivity index (χ3v) is 7.68. The maximum atomic E-state index is 13.1. The lowest BCUT2D eigenvalue weighted by Gasteiger charge is -2.39. The molecular formula is C28H37F3N6O5. The van der Waals surface area contributed by atoms with Crippen molar-refractivity contribution in [1.29, 1.82) is 0 Å². The molecule has 14 heteroatoms. The summed E-state index contributed by atoms with van der Waals surface area (Å²) in [6.45, 7) is 11.3. The molecule has 0 amide bonds. The first-order chi connectivity index (χ1) is 20.2. The summed E-state index contributed by atoms with van der Waals surface area (Å²) >= 11 is 0. The Balaban J connectivity index is 1.36. The van der Waals surface area contributed by atoms with Gasteiger partial charge in [-0.15, -0.1) is 13.2 Å². The van der Waals surface area contributed by atoms with E-state index in [0.29, 0.717) is 51.4 Å². The van der Waals surface area contributed by atoms with Gasteiger partial charge in [-0.1, -0.05) is 6.58 Å². The first-order valence-corrected chi connectivity index (χ1v) is 14.2. The number of aromatic nitrogens is 2. The molecule has 5 rings (SSSR count). The fraction of sp³-hybridized carbons (Fsp3) is 0.571. The van der Waals surface area contributed by atoms with E-state index < -0.39 is 18.3 Å². The number of aliphatic hydroxyl groups excluding tert-OH is 1. The highest BCUT2D eigenvalue weighted by Crippen LogP contribution is 2.39. The SMILES string of the molecule is C=CC(O)N1CCN(c2nc(OCCCN3CCOCC3)nc3c2CCN(c2ccc(O)cc2OC(F)(F)F)C3)CC1. The minimum Gasteiger partial charge on any atom is -0.508 e. The van der Waals surface area contributed by atoms with Crippen LogP contribution in [0.2, 0.25) is 0 Å². The fourth-order valence-corrected chi connectivity index (χ4v) is 5.51. The number of nitrogens with zero attached hydrogens (tertiary/aromatic N) is 6. The summed E-state index contributed by atoms with van der Waals surface area (Å²) in [6, 6.07) is 3.93. The molecule has 1 aromatic carbocycles. The normalized spacial score (nSPS) is 19.3. The standard InChI is InChI=1S/C28H37F3N6O5/c1-2-25(39)35-9-11-36(12-10-35)26-21-6-8-37(23-5-4-20(38)18-24(23)42-28(29,30)31)19-22(21)32-27(33-26)41-15-3-7-34-13-16-40-17-14-34/h2,4-5,18,25,38-39H,1,3,6-17,19H2. The quantitative estimate of drug-likeness (QED) is 0.313. The third-order valence-electron chi connectivity index (χ3n) is 7.68. The minimum atomic E-state index is -4.91. The number of aromatic hydroxyl groups is 1. The van der Waals surface area contributed by atoms with E-state index in [4.69, 9.17) is 19.4 Å².